The maximum atomic E-state index is 12.5. The molecule has 0 saturated heterocycles. The summed E-state index contributed by atoms with van der Waals surface area (Å²) in [5.41, 5.74) is 1.79. The van der Waals surface area contributed by atoms with E-state index >= 15 is 0 Å². The van der Waals surface area contributed by atoms with Crippen LogP contribution in [0.25, 0.3) is 10.9 Å². The Morgan fingerprint density at radius 1 is 1.22 bits per heavy atom. The number of pyridine rings is 1. The van der Waals surface area contributed by atoms with Gasteiger partial charge in [0.2, 0.25) is 5.91 Å². The third-order valence-electron chi connectivity index (χ3n) is 4.49. The molecule has 0 saturated carbocycles. The van der Waals surface area contributed by atoms with Crippen molar-refractivity contribution in [3.05, 3.63) is 54.2 Å². The van der Waals surface area contributed by atoms with Crippen LogP contribution in [0, 0.1) is 6.92 Å². The van der Waals surface area contributed by atoms with Gasteiger partial charge in [-0.3, -0.25) is 4.79 Å². The maximum absolute atomic E-state index is 12.5. The average Bonchev–Trinajstić information content (AvgIpc) is 3.14. The number of nitrogens with one attached hydrogen (secondary N) is 1. The van der Waals surface area contributed by atoms with Crippen molar-refractivity contribution in [3.8, 4) is 5.75 Å². The Balaban J connectivity index is 1.57. The van der Waals surface area contributed by atoms with Crippen molar-refractivity contribution in [1.82, 2.24) is 19.9 Å². The number of aromatic nitrogens is 3. The van der Waals surface area contributed by atoms with Crippen LogP contribution in [0.2, 0.25) is 0 Å². The molecule has 2 aromatic heterocycles. The number of rotatable bonds is 7. The molecule has 1 amide bonds. The molecule has 0 bridgehead atoms. The maximum Gasteiger partial charge on any atom is 0.242 e. The second-order valence-electron chi connectivity index (χ2n) is 6.94. The summed E-state index contributed by atoms with van der Waals surface area (Å²) >= 11 is 0. The predicted octanol–water partition coefficient (Wildman–Crippen LogP) is 3.62. The molecule has 142 valence electrons. The number of imidazole rings is 1. The molecule has 2 heterocycles. The van der Waals surface area contributed by atoms with Crippen molar-refractivity contribution in [2.24, 2.45) is 0 Å². The fourth-order valence-corrected chi connectivity index (χ4v) is 3.04. The number of ether oxygens (including phenoxy) is 1. The Hall–Kier alpha value is -2.89. The second kappa shape index (κ2) is 8.20. The highest BCUT2D eigenvalue weighted by Crippen LogP contribution is 2.23. The third-order valence-corrected chi connectivity index (χ3v) is 4.49. The Bertz CT molecular complexity index is 933. The largest absolute Gasteiger partial charge is 0.489 e. The van der Waals surface area contributed by atoms with Crippen LogP contribution in [0.5, 0.6) is 5.75 Å². The highest BCUT2D eigenvalue weighted by atomic mass is 16.5. The van der Waals surface area contributed by atoms with E-state index in [0.717, 1.165) is 28.2 Å². The number of carbonyl (C=O) groups excluding carboxylic acids is 1. The Kier molecular flexibility index (Phi) is 5.74. The van der Waals surface area contributed by atoms with Gasteiger partial charge in [0.15, 0.2) is 0 Å². The number of fused-ring (bicyclic) bond motifs is 1. The molecule has 1 aromatic carbocycles. The highest BCUT2D eigenvalue weighted by molar-refractivity contribution is 5.84. The van der Waals surface area contributed by atoms with Gasteiger partial charge < -0.3 is 14.6 Å². The first kappa shape index (κ1) is 18.9. The zero-order valence-corrected chi connectivity index (χ0v) is 16.3. The van der Waals surface area contributed by atoms with Crippen LogP contribution in [0.3, 0.4) is 0 Å². The molecule has 0 unspecified atom stereocenters. The van der Waals surface area contributed by atoms with Crippen LogP contribution in [0.1, 0.15) is 44.2 Å². The summed E-state index contributed by atoms with van der Waals surface area (Å²) < 4.78 is 7.78. The molecule has 0 fully saturated rings. The van der Waals surface area contributed by atoms with E-state index in [1.54, 1.807) is 6.20 Å². The van der Waals surface area contributed by atoms with E-state index in [1.807, 2.05) is 54.9 Å². The minimum Gasteiger partial charge on any atom is -0.489 e. The lowest BCUT2D eigenvalue weighted by atomic mass is 10.2. The van der Waals surface area contributed by atoms with E-state index in [4.69, 9.17) is 4.74 Å². The van der Waals surface area contributed by atoms with Gasteiger partial charge in [-0.15, -0.1) is 0 Å². The average molecular weight is 366 g/mol. The van der Waals surface area contributed by atoms with Gasteiger partial charge in [0.1, 0.15) is 29.7 Å². The molecule has 3 rings (SSSR count). The summed E-state index contributed by atoms with van der Waals surface area (Å²) in [5.74, 6) is 1.85. The van der Waals surface area contributed by atoms with Gasteiger partial charge in [0.25, 0.3) is 0 Å². The van der Waals surface area contributed by atoms with Crippen LogP contribution in [0.15, 0.2) is 42.7 Å². The van der Waals surface area contributed by atoms with Gasteiger partial charge >= 0.3 is 0 Å². The number of para-hydroxylation sites is 1. The quantitative estimate of drug-likeness (QED) is 0.649. The van der Waals surface area contributed by atoms with Crippen LogP contribution in [0.4, 0.5) is 0 Å². The van der Waals surface area contributed by atoms with E-state index in [0.29, 0.717) is 13.2 Å². The zero-order valence-electron chi connectivity index (χ0n) is 16.3. The summed E-state index contributed by atoms with van der Waals surface area (Å²) in [6.45, 7) is 8.78. The molecular weight excluding hydrogens is 340 g/mol. The minimum atomic E-state index is -0.313. The summed E-state index contributed by atoms with van der Waals surface area (Å²) in [5, 5.41) is 3.97. The van der Waals surface area contributed by atoms with Crippen molar-refractivity contribution in [2.45, 2.75) is 39.7 Å². The molecule has 6 nitrogen and oxygen atoms in total. The van der Waals surface area contributed by atoms with E-state index in [-0.39, 0.29) is 17.9 Å². The number of benzene rings is 1. The van der Waals surface area contributed by atoms with Crippen molar-refractivity contribution in [1.29, 1.82) is 0 Å². The van der Waals surface area contributed by atoms with E-state index in [1.165, 1.54) is 0 Å². The summed E-state index contributed by atoms with van der Waals surface area (Å²) in [6.07, 6.45) is 3.58. The molecule has 0 radical (unpaired) electrons. The fourth-order valence-electron chi connectivity index (χ4n) is 3.04. The first-order chi connectivity index (χ1) is 13.0. The molecule has 3 aromatic rings. The first-order valence-electron chi connectivity index (χ1n) is 9.27. The zero-order chi connectivity index (χ0) is 19.4. The predicted molar refractivity (Wildman–Crippen MR) is 106 cm³/mol. The van der Waals surface area contributed by atoms with Gasteiger partial charge in [-0.2, -0.15) is 0 Å². The fraction of sp³-hybridized carbons (Fsp3) is 0.381. The molecule has 0 spiro atoms. The summed E-state index contributed by atoms with van der Waals surface area (Å²) in [6, 6.07) is 9.56. The SMILES string of the molecule is Cc1ccc2cccc(OCCNC(=O)[C@@H](C)n3ccnc3C(C)C)c2n1. The monoisotopic (exact) mass is 366 g/mol. The van der Waals surface area contributed by atoms with Gasteiger partial charge in [-0.25, -0.2) is 9.97 Å². The van der Waals surface area contributed by atoms with E-state index < -0.39 is 0 Å². The molecular formula is C21H26N4O2. The number of hydrogen-bond donors (Lipinski definition) is 1. The van der Waals surface area contributed by atoms with Crippen LogP contribution in [-0.2, 0) is 4.79 Å². The normalized spacial score (nSPS) is 12.3. The Morgan fingerprint density at radius 2 is 2.04 bits per heavy atom. The lowest BCUT2D eigenvalue weighted by molar-refractivity contribution is -0.124. The summed E-state index contributed by atoms with van der Waals surface area (Å²) in [7, 11) is 0. The molecule has 6 heteroatoms. The molecule has 1 N–H and O–H groups in total. The van der Waals surface area contributed by atoms with Crippen molar-refractivity contribution >= 4 is 16.8 Å². The molecule has 0 aliphatic carbocycles. The van der Waals surface area contributed by atoms with Gasteiger partial charge in [-0.05, 0) is 26.0 Å². The van der Waals surface area contributed by atoms with Gasteiger partial charge in [0, 0.05) is 29.4 Å². The Labute approximate surface area is 159 Å². The first-order valence-corrected chi connectivity index (χ1v) is 9.27. The lowest BCUT2D eigenvalue weighted by Gasteiger charge is -2.18. The summed E-state index contributed by atoms with van der Waals surface area (Å²) in [4.78, 5) is 21.4. The highest BCUT2D eigenvalue weighted by Gasteiger charge is 2.18. The Morgan fingerprint density at radius 3 is 2.81 bits per heavy atom. The molecule has 1 atom stereocenters. The number of aryl methyl sites for hydroxylation is 1. The molecule has 0 aliphatic heterocycles. The smallest absolute Gasteiger partial charge is 0.242 e. The standard InChI is InChI=1S/C21H26N4O2/c1-14(2)20-22-10-12-25(20)16(4)21(26)23-11-13-27-18-7-5-6-17-9-8-15(3)24-19(17)18/h5-10,12,14,16H,11,13H2,1-4H3,(H,23,26)/t16-/m1/s1. The van der Waals surface area contributed by atoms with Gasteiger partial charge in [0.05, 0.1) is 6.54 Å². The lowest BCUT2D eigenvalue weighted by Crippen LogP contribution is -2.34. The van der Waals surface area contributed by atoms with E-state index in [9.17, 15) is 4.79 Å². The van der Waals surface area contributed by atoms with E-state index in [2.05, 4.69) is 29.1 Å². The third kappa shape index (κ3) is 4.27. The number of nitrogens with zero attached hydrogens (tertiary/aromatic N) is 3. The van der Waals surface area contributed by atoms with Crippen LogP contribution >= 0.6 is 0 Å². The number of carbonyl (C=O) groups is 1. The molecule has 27 heavy (non-hydrogen) atoms. The van der Waals surface area contributed by atoms with Crippen molar-refractivity contribution < 1.29 is 9.53 Å². The minimum absolute atomic E-state index is 0.0506. The van der Waals surface area contributed by atoms with Crippen LogP contribution < -0.4 is 10.1 Å². The van der Waals surface area contributed by atoms with Crippen molar-refractivity contribution in [2.75, 3.05) is 13.2 Å². The molecule has 0 aliphatic rings. The van der Waals surface area contributed by atoms with Crippen LogP contribution in [-0.4, -0.2) is 33.6 Å². The van der Waals surface area contributed by atoms with Crippen molar-refractivity contribution in [3.63, 3.8) is 0 Å². The van der Waals surface area contributed by atoms with Gasteiger partial charge in [-0.1, -0.05) is 32.0 Å². The second-order valence-corrected chi connectivity index (χ2v) is 6.94. The number of amides is 1. The number of hydrogen-bond acceptors (Lipinski definition) is 4. The topological polar surface area (TPSA) is 69.0 Å².